The average Bonchev–Trinajstić information content (AvgIpc) is 2.77. The number of amides is 1. The number of aromatic nitrogens is 1. The fourth-order valence-electron chi connectivity index (χ4n) is 2.08. The van der Waals surface area contributed by atoms with E-state index in [1.54, 1.807) is 23.2 Å². The van der Waals surface area contributed by atoms with Gasteiger partial charge in [0.2, 0.25) is 0 Å². The van der Waals surface area contributed by atoms with Crippen molar-refractivity contribution in [1.82, 2.24) is 9.88 Å². The van der Waals surface area contributed by atoms with Crippen LogP contribution in [0.5, 0.6) is 0 Å². The molecule has 2 N–H and O–H groups in total. The summed E-state index contributed by atoms with van der Waals surface area (Å²) in [5, 5.41) is 18.1. The number of hydrogen-bond acceptors (Lipinski definition) is 4. The Morgan fingerprint density at radius 1 is 1.59 bits per heavy atom. The van der Waals surface area contributed by atoms with Gasteiger partial charge in [0, 0.05) is 36.4 Å². The number of carbonyl (C=O) groups is 1. The summed E-state index contributed by atoms with van der Waals surface area (Å²) in [7, 11) is -1.34. The van der Waals surface area contributed by atoms with E-state index in [2.05, 4.69) is 4.98 Å². The van der Waals surface area contributed by atoms with Crippen LogP contribution < -0.4 is 0 Å². The van der Waals surface area contributed by atoms with Crippen molar-refractivity contribution in [2.75, 3.05) is 13.1 Å². The molecule has 1 aromatic heterocycles. The van der Waals surface area contributed by atoms with Crippen molar-refractivity contribution in [3.05, 3.63) is 29.6 Å². The molecule has 1 atom stereocenters. The Hall–Kier alpha value is -1.40. The van der Waals surface area contributed by atoms with Crippen LogP contribution in [0.4, 0.5) is 0 Å². The predicted octanol–water partition coefficient (Wildman–Crippen LogP) is 0.0789. The normalized spacial score (nSPS) is 19.5. The van der Waals surface area contributed by atoms with Gasteiger partial charge in [-0.1, -0.05) is 0 Å². The lowest BCUT2D eigenvalue weighted by Crippen LogP contribution is -2.30. The van der Waals surface area contributed by atoms with Crippen LogP contribution >= 0.6 is 0 Å². The third-order valence-corrected chi connectivity index (χ3v) is 3.08. The van der Waals surface area contributed by atoms with Gasteiger partial charge in [-0.15, -0.1) is 0 Å². The van der Waals surface area contributed by atoms with Crippen LogP contribution in [0.2, 0.25) is 5.82 Å². The summed E-state index contributed by atoms with van der Waals surface area (Å²) in [5.41, 5.74) is 1.40. The van der Waals surface area contributed by atoms with Crippen LogP contribution in [0.1, 0.15) is 22.5 Å². The third kappa shape index (κ3) is 2.65. The average molecular weight is 234 g/mol. The number of nitrogens with zero attached hydrogens (tertiary/aromatic N) is 2. The minimum absolute atomic E-state index is 0.0707. The number of aryl methyl sites for hydroxylation is 1. The Labute approximate surface area is 100 Å². The molecule has 1 aliphatic heterocycles. The van der Waals surface area contributed by atoms with Crippen LogP contribution in [-0.2, 0) is 0 Å². The second kappa shape index (κ2) is 4.85. The molecule has 0 aliphatic carbocycles. The van der Waals surface area contributed by atoms with Crippen molar-refractivity contribution in [1.29, 1.82) is 0 Å². The Bertz CT molecular complexity index is 425. The van der Waals surface area contributed by atoms with Gasteiger partial charge in [0.25, 0.3) is 5.91 Å². The number of rotatable bonds is 2. The van der Waals surface area contributed by atoms with E-state index in [1.807, 2.05) is 6.92 Å². The van der Waals surface area contributed by atoms with Gasteiger partial charge >= 0.3 is 7.12 Å². The topological polar surface area (TPSA) is 73.7 Å². The molecule has 0 aromatic carbocycles. The van der Waals surface area contributed by atoms with Crippen molar-refractivity contribution < 1.29 is 14.8 Å². The molecule has 1 unspecified atom stereocenters. The molecule has 17 heavy (non-hydrogen) atoms. The van der Waals surface area contributed by atoms with E-state index in [0.717, 1.165) is 5.69 Å². The Kier molecular flexibility index (Phi) is 3.45. The van der Waals surface area contributed by atoms with Crippen LogP contribution in [0.3, 0.4) is 0 Å². The largest absolute Gasteiger partial charge is 0.456 e. The molecule has 1 amide bonds. The molecule has 5 nitrogen and oxygen atoms in total. The number of carbonyl (C=O) groups excluding carboxylic acids is 1. The van der Waals surface area contributed by atoms with Crippen molar-refractivity contribution >= 4 is 13.0 Å². The van der Waals surface area contributed by atoms with E-state index in [1.165, 1.54) is 0 Å². The van der Waals surface area contributed by atoms with Crippen LogP contribution in [0.25, 0.3) is 0 Å². The SMILES string of the molecule is Cc1cc(C(=O)N2CCC(B(O)O)C2)ccn1. The lowest BCUT2D eigenvalue weighted by atomic mass is 9.72. The van der Waals surface area contributed by atoms with E-state index in [9.17, 15) is 4.79 Å². The van der Waals surface area contributed by atoms with Gasteiger partial charge in [-0.2, -0.15) is 0 Å². The summed E-state index contributed by atoms with van der Waals surface area (Å²) in [6.07, 6.45) is 2.24. The highest BCUT2D eigenvalue weighted by atomic mass is 16.4. The molecule has 1 aromatic rings. The molecule has 0 spiro atoms. The minimum Gasteiger partial charge on any atom is -0.427 e. The molecule has 0 bridgehead atoms. The number of hydrogen-bond donors (Lipinski definition) is 2. The van der Waals surface area contributed by atoms with Gasteiger partial charge < -0.3 is 14.9 Å². The summed E-state index contributed by atoms with van der Waals surface area (Å²) in [5.74, 6) is -0.305. The molecule has 0 radical (unpaired) electrons. The lowest BCUT2D eigenvalue weighted by molar-refractivity contribution is 0.0792. The number of pyridine rings is 1. The summed E-state index contributed by atoms with van der Waals surface area (Å²) >= 11 is 0. The molecular formula is C11H15BN2O3. The summed E-state index contributed by atoms with van der Waals surface area (Å²) in [6.45, 7) is 2.81. The van der Waals surface area contributed by atoms with Crippen LogP contribution in [0, 0.1) is 6.92 Å². The van der Waals surface area contributed by atoms with Gasteiger partial charge in [-0.25, -0.2) is 0 Å². The highest BCUT2D eigenvalue weighted by Gasteiger charge is 2.33. The standard InChI is InChI=1S/C11H15BN2O3/c1-8-6-9(2-4-13-8)11(15)14-5-3-10(7-14)12(16)17/h2,4,6,10,16-17H,3,5,7H2,1H3. The molecule has 0 saturated carbocycles. The van der Waals surface area contributed by atoms with E-state index >= 15 is 0 Å². The maximum atomic E-state index is 12.1. The van der Waals surface area contributed by atoms with E-state index in [0.29, 0.717) is 25.1 Å². The lowest BCUT2D eigenvalue weighted by Gasteiger charge is -2.16. The zero-order valence-corrected chi connectivity index (χ0v) is 9.71. The Morgan fingerprint density at radius 2 is 2.35 bits per heavy atom. The minimum atomic E-state index is -1.34. The summed E-state index contributed by atoms with van der Waals surface area (Å²) in [4.78, 5) is 17.8. The van der Waals surface area contributed by atoms with Crippen molar-refractivity contribution in [2.45, 2.75) is 19.2 Å². The smallest absolute Gasteiger partial charge is 0.427 e. The Morgan fingerprint density at radius 3 is 2.94 bits per heavy atom. The summed E-state index contributed by atoms with van der Waals surface area (Å²) in [6, 6.07) is 3.42. The first-order chi connectivity index (χ1) is 8.08. The maximum Gasteiger partial charge on any atom is 0.456 e. The molecule has 6 heteroatoms. The first-order valence-corrected chi connectivity index (χ1v) is 5.66. The van der Waals surface area contributed by atoms with E-state index in [4.69, 9.17) is 10.0 Å². The molecule has 1 saturated heterocycles. The first-order valence-electron chi connectivity index (χ1n) is 5.66. The maximum absolute atomic E-state index is 12.1. The van der Waals surface area contributed by atoms with Gasteiger partial charge in [-0.05, 0) is 25.5 Å². The van der Waals surface area contributed by atoms with E-state index < -0.39 is 7.12 Å². The zero-order valence-electron chi connectivity index (χ0n) is 9.71. The molecule has 90 valence electrons. The molecule has 2 rings (SSSR count). The van der Waals surface area contributed by atoms with Crippen molar-refractivity contribution in [3.8, 4) is 0 Å². The second-order valence-corrected chi connectivity index (χ2v) is 4.40. The van der Waals surface area contributed by atoms with Crippen LogP contribution in [0.15, 0.2) is 18.3 Å². The molecule has 1 fully saturated rings. The number of likely N-dealkylation sites (tertiary alicyclic amines) is 1. The quantitative estimate of drug-likeness (QED) is 0.710. The van der Waals surface area contributed by atoms with E-state index in [-0.39, 0.29) is 11.7 Å². The van der Waals surface area contributed by atoms with Crippen molar-refractivity contribution in [3.63, 3.8) is 0 Å². The fraction of sp³-hybridized carbons (Fsp3) is 0.455. The van der Waals surface area contributed by atoms with Gasteiger partial charge in [0.05, 0.1) is 0 Å². The second-order valence-electron chi connectivity index (χ2n) is 4.40. The fourth-order valence-corrected chi connectivity index (χ4v) is 2.08. The molecule has 2 heterocycles. The monoisotopic (exact) mass is 234 g/mol. The zero-order chi connectivity index (χ0) is 12.4. The third-order valence-electron chi connectivity index (χ3n) is 3.08. The highest BCUT2D eigenvalue weighted by molar-refractivity contribution is 6.43. The Balaban J connectivity index is 2.07. The predicted molar refractivity (Wildman–Crippen MR) is 63.4 cm³/mol. The summed E-state index contributed by atoms with van der Waals surface area (Å²) < 4.78 is 0. The highest BCUT2D eigenvalue weighted by Crippen LogP contribution is 2.24. The van der Waals surface area contributed by atoms with Crippen molar-refractivity contribution in [2.24, 2.45) is 0 Å². The van der Waals surface area contributed by atoms with Crippen LogP contribution in [-0.4, -0.2) is 46.0 Å². The molecule has 1 aliphatic rings. The first kappa shape index (κ1) is 12.1. The van der Waals surface area contributed by atoms with Gasteiger partial charge in [0.1, 0.15) is 0 Å². The van der Waals surface area contributed by atoms with Gasteiger partial charge in [-0.3, -0.25) is 9.78 Å². The molecular weight excluding hydrogens is 219 g/mol. The van der Waals surface area contributed by atoms with Gasteiger partial charge in [0.15, 0.2) is 0 Å².